The first-order valence-electron chi connectivity index (χ1n) is 7.47. The number of hydrogen-bond donors (Lipinski definition) is 0. The van der Waals surface area contributed by atoms with E-state index in [9.17, 15) is 4.79 Å². The number of hydrazone groups is 1. The van der Waals surface area contributed by atoms with Crippen LogP contribution < -0.4 is 4.74 Å². The van der Waals surface area contributed by atoms with Gasteiger partial charge < -0.3 is 4.74 Å². The molecule has 0 saturated heterocycles. The summed E-state index contributed by atoms with van der Waals surface area (Å²) in [6.45, 7) is 0. The van der Waals surface area contributed by atoms with Crippen molar-refractivity contribution in [2.45, 2.75) is 12.5 Å². The zero-order chi connectivity index (χ0) is 17.1. The second-order valence-corrected chi connectivity index (χ2v) is 6.12. The van der Waals surface area contributed by atoms with Crippen LogP contribution in [0, 0.1) is 0 Å². The van der Waals surface area contributed by atoms with Crippen LogP contribution in [0.4, 0.5) is 0 Å². The Morgan fingerprint density at radius 1 is 1.21 bits per heavy atom. The molecule has 0 N–H and O–H groups in total. The third-order valence-electron chi connectivity index (χ3n) is 3.96. The van der Waals surface area contributed by atoms with Crippen molar-refractivity contribution in [2.75, 3.05) is 13.0 Å². The van der Waals surface area contributed by atoms with Crippen LogP contribution in [0.3, 0.4) is 0 Å². The number of nitrogens with zero attached hydrogens (tertiary/aromatic N) is 2. The number of hydrogen-bond acceptors (Lipinski definition) is 3. The lowest BCUT2D eigenvalue weighted by molar-refractivity contribution is -0.130. The first kappa shape index (κ1) is 16.8. The summed E-state index contributed by atoms with van der Waals surface area (Å²) in [5.41, 5.74) is 2.77. The molecule has 1 aliphatic heterocycles. The fourth-order valence-corrected chi connectivity index (χ4v) is 2.95. The molecule has 1 atom stereocenters. The molecule has 2 aromatic carbocycles. The number of benzene rings is 2. The van der Waals surface area contributed by atoms with E-state index in [2.05, 4.69) is 5.10 Å². The molecule has 0 bridgehead atoms. The van der Waals surface area contributed by atoms with Crippen LogP contribution in [0.25, 0.3) is 0 Å². The van der Waals surface area contributed by atoms with E-state index in [1.807, 2.05) is 48.5 Å². The lowest BCUT2D eigenvalue weighted by Gasteiger charge is -2.21. The van der Waals surface area contributed by atoms with E-state index in [1.54, 1.807) is 7.11 Å². The highest BCUT2D eigenvalue weighted by Gasteiger charge is 2.32. The van der Waals surface area contributed by atoms with Gasteiger partial charge in [0.2, 0.25) is 0 Å². The van der Waals surface area contributed by atoms with Crippen LogP contribution in [0.5, 0.6) is 5.75 Å². The Kier molecular flexibility index (Phi) is 5.07. The number of amides is 1. The molecule has 4 nitrogen and oxygen atoms in total. The van der Waals surface area contributed by atoms with E-state index in [-0.39, 0.29) is 17.8 Å². The molecule has 1 heterocycles. The van der Waals surface area contributed by atoms with Crippen molar-refractivity contribution in [3.05, 3.63) is 64.7 Å². The maximum atomic E-state index is 12.2. The predicted octanol–water partition coefficient (Wildman–Crippen LogP) is 4.27. The number of rotatable bonds is 4. The van der Waals surface area contributed by atoms with E-state index in [4.69, 9.17) is 27.9 Å². The molecule has 6 heteroatoms. The van der Waals surface area contributed by atoms with Crippen LogP contribution >= 0.6 is 23.2 Å². The largest absolute Gasteiger partial charge is 0.497 e. The topological polar surface area (TPSA) is 41.9 Å². The van der Waals surface area contributed by atoms with Gasteiger partial charge in [0, 0.05) is 11.4 Å². The maximum Gasteiger partial charge on any atom is 0.258 e. The molecule has 3 rings (SSSR count). The summed E-state index contributed by atoms with van der Waals surface area (Å²) in [6, 6.07) is 14.9. The van der Waals surface area contributed by atoms with Crippen molar-refractivity contribution in [1.82, 2.24) is 5.01 Å². The molecule has 0 spiro atoms. The Balaban J connectivity index is 1.91. The van der Waals surface area contributed by atoms with E-state index < -0.39 is 0 Å². The zero-order valence-electron chi connectivity index (χ0n) is 13.1. The Morgan fingerprint density at radius 3 is 2.46 bits per heavy atom. The van der Waals surface area contributed by atoms with Crippen molar-refractivity contribution in [3.63, 3.8) is 0 Å². The van der Waals surface area contributed by atoms with Gasteiger partial charge in [-0.05, 0) is 35.4 Å². The normalized spacial score (nSPS) is 16.9. The highest BCUT2D eigenvalue weighted by Crippen LogP contribution is 2.33. The van der Waals surface area contributed by atoms with Gasteiger partial charge in [-0.15, -0.1) is 11.6 Å². The van der Waals surface area contributed by atoms with Gasteiger partial charge in [-0.2, -0.15) is 5.10 Å². The van der Waals surface area contributed by atoms with E-state index >= 15 is 0 Å². The minimum absolute atomic E-state index is 0.107. The third-order valence-corrected chi connectivity index (χ3v) is 4.44. The van der Waals surface area contributed by atoms with E-state index in [0.717, 1.165) is 22.6 Å². The van der Waals surface area contributed by atoms with Crippen molar-refractivity contribution in [3.8, 4) is 5.75 Å². The fraction of sp³-hybridized carbons (Fsp3) is 0.222. The Bertz CT molecular complexity index is 758. The molecule has 2 aromatic rings. The van der Waals surface area contributed by atoms with Crippen LogP contribution in [0.1, 0.15) is 23.6 Å². The molecule has 1 unspecified atom stereocenters. The standard InChI is InChI=1S/C18H16Cl2N2O2/c1-24-15-8-4-13(5-9-15)17-10-16(21-22(17)18(23)11-19)12-2-6-14(20)7-3-12/h2-9,17H,10-11H2,1H3. The smallest absolute Gasteiger partial charge is 0.258 e. The monoisotopic (exact) mass is 362 g/mol. The van der Waals surface area contributed by atoms with Gasteiger partial charge in [0.15, 0.2) is 0 Å². The number of ether oxygens (including phenoxy) is 1. The second kappa shape index (κ2) is 7.24. The van der Waals surface area contributed by atoms with Crippen molar-refractivity contribution in [2.24, 2.45) is 5.10 Å². The summed E-state index contributed by atoms with van der Waals surface area (Å²) >= 11 is 11.7. The fourth-order valence-electron chi connectivity index (χ4n) is 2.70. The SMILES string of the molecule is COc1ccc(C2CC(c3ccc(Cl)cc3)=NN2C(=O)CCl)cc1. The zero-order valence-corrected chi connectivity index (χ0v) is 14.6. The number of methoxy groups -OCH3 is 1. The molecule has 0 aliphatic carbocycles. The highest BCUT2D eigenvalue weighted by molar-refractivity contribution is 6.30. The molecule has 0 radical (unpaired) electrons. The summed E-state index contributed by atoms with van der Waals surface area (Å²) in [7, 11) is 1.62. The number of alkyl halides is 1. The summed E-state index contributed by atoms with van der Waals surface area (Å²) < 4.78 is 5.19. The molecular formula is C18H16Cl2N2O2. The van der Waals surface area contributed by atoms with Gasteiger partial charge in [0.05, 0.1) is 18.9 Å². The molecule has 0 fully saturated rings. The molecule has 24 heavy (non-hydrogen) atoms. The van der Waals surface area contributed by atoms with Gasteiger partial charge >= 0.3 is 0 Å². The van der Waals surface area contributed by atoms with Gasteiger partial charge in [0.1, 0.15) is 11.6 Å². The third kappa shape index (κ3) is 3.40. The van der Waals surface area contributed by atoms with E-state index in [1.165, 1.54) is 5.01 Å². The lowest BCUT2D eigenvalue weighted by Crippen LogP contribution is -2.27. The highest BCUT2D eigenvalue weighted by atomic mass is 35.5. The number of carbonyl (C=O) groups is 1. The van der Waals surface area contributed by atoms with E-state index in [0.29, 0.717) is 11.4 Å². The average Bonchev–Trinajstić information content (AvgIpc) is 3.07. The summed E-state index contributed by atoms with van der Waals surface area (Å²) in [5, 5.41) is 6.64. The molecule has 0 saturated carbocycles. The molecule has 1 amide bonds. The van der Waals surface area contributed by atoms with Gasteiger partial charge in [-0.3, -0.25) is 4.79 Å². The van der Waals surface area contributed by atoms with Crippen LogP contribution in [0.15, 0.2) is 53.6 Å². The maximum absolute atomic E-state index is 12.2. The first-order chi connectivity index (χ1) is 11.6. The van der Waals surface area contributed by atoms with Gasteiger partial charge in [-0.1, -0.05) is 35.9 Å². The van der Waals surface area contributed by atoms with Crippen molar-refractivity contribution < 1.29 is 9.53 Å². The van der Waals surface area contributed by atoms with Crippen molar-refractivity contribution >= 4 is 34.8 Å². The Hall–Kier alpha value is -2.04. The Morgan fingerprint density at radius 2 is 1.88 bits per heavy atom. The quantitative estimate of drug-likeness (QED) is 0.762. The van der Waals surface area contributed by atoms with Crippen molar-refractivity contribution in [1.29, 1.82) is 0 Å². The lowest BCUT2D eigenvalue weighted by atomic mass is 9.98. The molecule has 124 valence electrons. The number of halogens is 2. The van der Waals surface area contributed by atoms with Crippen LogP contribution in [0.2, 0.25) is 5.02 Å². The first-order valence-corrected chi connectivity index (χ1v) is 8.39. The average molecular weight is 363 g/mol. The van der Waals surface area contributed by atoms with Gasteiger partial charge in [-0.25, -0.2) is 5.01 Å². The van der Waals surface area contributed by atoms with Crippen LogP contribution in [-0.2, 0) is 4.79 Å². The van der Waals surface area contributed by atoms with Gasteiger partial charge in [0.25, 0.3) is 5.91 Å². The minimum atomic E-state index is -0.221. The Labute approximate surface area is 150 Å². The number of carbonyl (C=O) groups excluding carboxylic acids is 1. The summed E-state index contributed by atoms with van der Waals surface area (Å²) in [4.78, 5) is 12.2. The summed E-state index contributed by atoms with van der Waals surface area (Å²) in [6.07, 6.45) is 0.622. The molecular weight excluding hydrogens is 347 g/mol. The summed E-state index contributed by atoms with van der Waals surface area (Å²) in [5.74, 6) is 0.441. The minimum Gasteiger partial charge on any atom is -0.497 e. The molecule has 0 aromatic heterocycles. The predicted molar refractivity (Wildman–Crippen MR) is 95.9 cm³/mol. The van der Waals surface area contributed by atoms with Crippen LogP contribution in [-0.4, -0.2) is 29.6 Å². The molecule has 1 aliphatic rings. The second-order valence-electron chi connectivity index (χ2n) is 5.42.